The predicted molar refractivity (Wildman–Crippen MR) is 58.1 cm³/mol. The highest BCUT2D eigenvalue weighted by molar-refractivity contribution is 5.81. The van der Waals surface area contributed by atoms with Gasteiger partial charge in [0.25, 0.3) is 0 Å². The lowest BCUT2D eigenvalue weighted by Gasteiger charge is -2.23. The molecule has 1 N–H and O–H groups in total. The number of hydrogen-bond donors (Lipinski definition) is 1. The van der Waals surface area contributed by atoms with E-state index in [0.29, 0.717) is 5.92 Å². The van der Waals surface area contributed by atoms with Crippen molar-refractivity contribution in [2.24, 2.45) is 5.92 Å². The summed E-state index contributed by atoms with van der Waals surface area (Å²) in [7, 11) is 1.91. The number of carbonyl (C=O) groups excluding carboxylic acids is 1. The summed E-state index contributed by atoms with van der Waals surface area (Å²) in [6, 6.07) is 0.0871. The first kappa shape index (κ1) is 11.5. The zero-order valence-electron chi connectivity index (χ0n) is 9.55. The Labute approximate surface area is 86.9 Å². The van der Waals surface area contributed by atoms with E-state index in [1.165, 1.54) is 0 Å². The monoisotopic (exact) mass is 198 g/mol. The Kier molecular flexibility index (Phi) is 4.39. The maximum atomic E-state index is 11.9. The third kappa shape index (κ3) is 2.98. The van der Waals surface area contributed by atoms with E-state index in [1.54, 1.807) is 0 Å². The molecule has 1 saturated heterocycles. The zero-order chi connectivity index (χ0) is 10.6. The van der Waals surface area contributed by atoms with E-state index in [0.717, 1.165) is 32.4 Å². The van der Waals surface area contributed by atoms with E-state index < -0.39 is 0 Å². The molecule has 1 unspecified atom stereocenters. The number of nitrogens with zero attached hydrogens (tertiary/aromatic N) is 1. The maximum absolute atomic E-state index is 11.9. The van der Waals surface area contributed by atoms with Gasteiger partial charge >= 0.3 is 0 Å². The van der Waals surface area contributed by atoms with Crippen molar-refractivity contribution in [2.75, 3.05) is 20.1 Å². The van der Waals surface area contributed by atoms with Crippen molar-refractivity contribution >= 4 is 5.91 Å². The second kappa shape index (κ2) is 5.35. The molecule has 0 aliphatic carbocycles. The van der Waals surface area contributed by atoms with Crippen LogP contribution >= 0.6 is 0 Å². The van der Waals surface area contributed by atoms with Gasteiger partial charge in [0.15, 0.2) is 0 Å². The number of hydrogen-bond acceptors (Lipinski definition) is 2. The lowest BCUT2D eigenvalue weighted by Crippen LogP contribution is -2.43. The van der Waals surface area contributed by atoms with Crippen LogP contribution in [0.4, 0.5) is 0 Å². The average molecular weight is 198 g/mol. The highest BCUT2D eigenvalue weighted by atomic mass is 16.2. The summed E-state index contributed by atoms with van der Waals surface area (Å²) in [5.41, 5.74) is 0. The minimum atomic E-state index is 0.0871. The quantitative estimate of drug-likeness (QED) is 0.737. The van der Waals surface area contributed by atoms with Crippen molar-refractivity contribution in [2.45, 2.75) is 39.2 Å². The van der Waals surface area contributed by atoms with Gasteiger partial charge in [0.1, 0.15) is 0 Å². The van der Waals surface area contributed by atoms with Gasteiger partial charge in [0.05, 0.1) is 6.04 Å². The van der Waals surface area contributed by atoms with Gasteiger partial charge in [-0.15, -0.1) is 0 Å². The van der Waals surface area contributed by atoms with E-state index >= 15 is 0 Å². The third-order valence-corrected chi connectivity index (χ3v) is 3.02. The van der Waals surface area contributed by atoms with Crippen LogP contribution in [0.15, 0.2) is 0 Å². The Bertz CT molecular complexity index is 188. The van der Waals surface area contributed by atoms with Gasteiger partial charge in [-0.3, -0.25) is 4.79 Å². The molecule has 1 heterocycles. The van der Waals surface area contributed by atoms with Crippen LogP contribution in [0.25, 0.3) is 0 Å². The Morgan fingerprint density at radius 1 is 1.64 bits per heavy atom. The minimum absolute atomic E-state index is 0.0871. The molecule has 1 amide bonds. The van der Waals surface area contributed by atoms with Gasteiger partial charge in [-0.2, -0.15) is 0 Å². The molecule has 1 rings (SSSR count). The highest BCUT2D eigenvalue weighted by Crippen LogP contribution is 2.10. The van der Waals surface area contributed by atoms with Crippen molar-refractivity contribution in [1.29, 1.82) is 0 Å². The summed E-state index contributed by atoms with van der Waals surface area (Å²) in [5, 5.41) is 3.24. The van der Waals surface area contributed by atoms with Crippen molar-refractivity contribution in [3.8, 4) is 0 Å². The van der Waals surface area contributed by atoms with E-state index in [4.69, 9.17) is 0 Å². The van der Waals surface area contributed by atoms with E-state index in [2.05, 4.69) is 19.2 Å². The van der Waals surface area contributed by atoms with Crippen LogP contribution in [0.3, 0.4) is 0 Å². The molecule has 3 heteroatoms. The number of nitrogens with one attached hydrogen (secondary N) is 1. The summed E-state index contributed by atoms with van der Waals surface area (Å²) < 4.78 is 0. The fraction of sp³-hybridized carbons (Fsp3) is 0.909. The standard InChI is InChI=1S/C11H22N2O/c1-4-9(2)8-13(3)11(14)10-6-5-7-12-10/h9-10,12H,4-8H2,1-3H3/t9?,10-/m0/s1. The SMILES string of the molecule is CCC(C)CN(C)C(=O)[C@@H]1CCCN1. The normalized spacial score (nSPS) is 23.5. The first-order chi connectivity index (χ1) is 6.65. The number of rotatable bonds is 4. The van der Waals surface area contributed by atoms with Crippen LogP contribution < -0.4 is 5.32 Å². The lowest BCUT2D eigenvalue weighted by atomic mass is 10.1. The summed E-state index contributed by atoms with van der Waals surface area (Å²) >= 11 is 0. The molecule has 0 aromatic carbocycles. The van der Waals surface area contributed by atoms with E-state index in [-0.39, 0.29) is 11.9 Å². The topological polar surface area (TPSA) is 32.3 Å². The van der Waals surface area contributed by atoms with Crippen molar-refractivity contribution < 1.29 is 4.79 Å². The first-order valence-corrected chi connectivity index (χ1v) is 5.63. The lowest BCUT2D eigenvalue weighted by molar-refractivity contribution is -0.132. The van der Waals surface area contributed by atoms with Crippen LogP contribution in [-0.2, 0) is 4.79 Å². The second-order valence-electron chi connectivity index (χ2n) is 4.38. The molecular formula is C11H22N2O. The van der Waals surface area contributed by atoms with Crippen molar-refractivity contribution in [1.82, 2.24) is 10.2 Å². The molecule has 82 valence electrons. The van der Waals surface area contributed by atoms with Crippen LogP contribution in [0.1, 0.15) is 33.1 Å². The molecule has 0 saturated carbocycles. The van der Waals surface area contributed by atoms with Gasteiger partial charge in [0.2, 0.25) is 5.91 Å². The summed E-state index contributed by atoms with van der Waals surface area (Å²) in [6.45, 7) is 6.23. The molecule has 0 spiro atoms. The van der Waals surface area contributed by atoms with Gasteiger partial charge < -0.3 is 10.2 Å². The van der Waals surface area contributed by atoms with Crippen LogP contribution in [-0.4, -0.2) is 37.0 Å². The highest BCUT2D eigenvalue weighted by Gasteiger charge is 2.25. The molecule has 2 atom stereocenters. The second-order valence-corrected chi connectivity index (χ2v) is 4.38. The molecule has 0 aromatic heterocycles. The zero-order valence-corrected chi connectivity index (χ0v) is 9.55. The van der Waals surface area contributed by atoms with Gasteiger partial charge in [-0.05, 0) is 25.3 Å². The van der Waals surface area contributed by atoms with Crippen molar-refractivity contribution in [3.63, 3.8) is 0 Å². The first-order valence-electron chi connectivity index (χ1n) is 5.63. The number of likely N-dealkylation sites (N-methyl/N-ethyl adjacent to an activating group) is 1. The molecule has 1 aliphatic heterocycles. The Morgan fingerprint density at radius 2 is 2.36 bits per heavy atom. The largest absolute Gasteiger partial charge is 0.344 e. The van der Waals surface area contributed by atoms with Gasteiger partial charge in [0, 0.05) is 13.6 Å². The molecule has 14 heavy (non-hydrogen) atoms. The predicted octanol–water partition coefficient (Wildman–Crippen LogP) is 1.24. The molecule has 0 aromatic rings. The third-order valence-electron chi connectivity index (χ3n) is 3.02. The summed E-state index contributed by atoms with van der Waals surface area (Å²) in [6.07, 6.45) is 3.27. The van der Waals surface area contributed by atoms with E-state index in [1.807, 2.05) is 11.9 Å². The van der Waals surface area contributed by atoms with Gasteiger partial charge in [-0.1, -0.05) is 20.3 Å². The molecular weight excluding hydrogens is 176 g/mol. The molecule has 1 fully saturated rings. The Balaban J connectivity index is 2.35. The molecule has 1 aliphatic rings. The van der Waals surface area contributed by atoms with Gasteiger partial charge in [-0.25, -0.2) is 0 Å². The smallest absolute Gasteiger partial charge is 0.239 e. The fourth-order valence-corrected chi connectivity index (χ4v) is 1.85. The summed E-state index contributed by atoms with van der Waals surface area (Å²) in [4.78, 5) is 13.7. The Morgan fingerprint density at radius 3 is 2.86 bits per heavy atom. The maximum Gasteiger partial charge on any atom is 0.239 e. The average Bonchev–Trinajstić information content (AvgIpc) is 2.69. The fourth-order valence-electron chi connectivity index (χ4n) is 1.85. The molecule has 0 bridgehead atoms. The van der Waals surface area contributed by atoms with Crippen LogP contribution in [0.2, 0.25) is 0 Å². The number of carbonyl (C=O) groups is 1. The minimum Gasteiger partial charge on any atom is -0.344 e. The van der Waals surface area contributed by atoms with Crippen molar-refractivity contribution in [3.05, 3.63) is 0 Å². The van der Waals surface area contributed by atoms with Crippen LogP contribution in [0, 0.1) is 5.92 Å². The summed E-state index contributed by atoms with van der Waals surface area (Å²) in [5.74, 6) is 0.869. The number of amides is 1. The molecule has 0 radical (unpaired) electrons. The Hall–Kier alpha value is -0.570. The van der Waals surface area contributed by atoms with Crippen LogP contribution in [0.5, 0.6) is 0 Å². The molecule has 3 nitrogen and oxygen atoms in total. The van der Waals surface area contributed by atoms with E-state index in [9.17, 15) is 4.79 Å².